The topological polar surface area (TPSA) is 87.9 Å². The lowest BCUT2D eigenvalue weighted by molar-refractivity contribution is -0.139. The number of carbonyl (C=O) groups excluding carboxylic acids is 2. The van der Waals surface area contributed by atoms with Crippen LogP contribution in [0.5, 0.6) is 5.75 Å². The number of hydrogen-bond donors (Lipinski definition) is 1. The Bertz CT molecular complexity index is 850. The van der Waals surface area contributed by atoms with Gasteiger partial charge in [0.25, 0.3) is 0 Å². The lowest BCUT2D eigenvalue weighted by Crippen LogP contribution is -2.35. The highest BCUT2D eigenvalue weighted by molar-refractivity contribution is 6.03. The predicted molar refractivity (Wildman–Crippen MR) is 99.7 cm³/mol. The Labute approximate surface area is 159 Å². The van der Waals surface area contributed by atoms with E-state index >= 15 is 0 Å². The summed E-state index contributed by atoms with van der Waals surface area (Å²) in [6, 6.07) is 7.28. The Balaban J connectivity index is 2.18. The van der Waals surface area contributed by atoms with Crippen molar-refractivity contribution >= 4 is 11.8 Å². The summed E-state index contributed by atoms with van der Waals surface area (Å²) in [6.07, 6.45) is 0.955. The number of allylic oxidation sites excluding steroid dienone is 2. The monoisotopic (exact) mass is 371 g/mol. The van der Waals surface area contributed by atoms with Gasteiger partial charge in [0.2, 0.25) is 5.88 Å². The molecule has 1 heterocycles. The van der Waals surface area contributed by atoms with Crippen molar-refractivity contribution in [1.29, 1.82) is 0 Å². The SMILES string of the molecule is CCOC(=O)C1=C(N)OC2=C(C(=O)CC(C)(C)C2)C1c1cccc(OC)c1. The van der Waals surface area contributed by atoms with Crippen molar-refractivity contribution in [2.75, 3.05) is 13.7 Å². The molecule has 2 N–H and O–H groups in total. The van der Waals surface area contributed by atoms with Crippen LogP contribution < -0.4 is 10.5 Å². The minimum absolute atomic E-state index is 0.00878. The molecule has 0 saturated carbocycles. The molecule has 0 amide bonds. The molecule has 0 aromatic heterocycles. The van der Waals surface area contributed by atoms with Crippen LogP contribution in [0, 0.1) is 5.41 Å². The van der Waals surface area contributed by atoms with E-state index in [1.165, 1.54) is 0 Å². The summed E-state index contributed by atoms with van der Waals surface area (Å²) >= 11 is 0. The smallest absolute Gasteiger partial charge is 0.340 e. The molecule has 1 aliphatic heterocycles. The summed E-state index contributed by atoms with van der Waals surface area (Å²) < 4.78 is 16.3. The molecule has 144 valence electrons. The maximum atomic E-state index is 13.0. The Hall–Kier alpha value is -2.76. The number of carbonyl (C=O) groups is 2. The van der Waals surface area contributed by atoms with E-state index in [-0.39, 0.29) is 29.3 Å². The van der Waals surface area contributed by atoms with Crippen LogP contribution in [0.25, 0.3) is 0 Å². The Morgan fingerprint density at radius 1 is 1.33 bits per heavy atom. The highest BCUT2D eigenvalue weighted by Gasteiger charge is 2.45. The molecule has 1 aromatic carbocycles. The second-order valence-electron chi connectivity index (χ2n) is 7.59. The number of ether oxygens (including phenoxy) is 3. The molecule has 27 heavy (non-hydrogen) atoms. The summed E-state index contributed by atoms with van der Waals surface area (Å²) in [5.74, 6) is -0.0893. The molecule has 1 aromatic rings. The minimum Gasteiger partial charge on any atom is -0.497 e. The van der Waals surface area contributed by atoms with E-state index in [1.54, 1.807) is 26.2 Å². The normalized spacial score (nSPS) is 21.5. The Kier molecular flexibility index (Phi) is 5.00. The van der Waals surface area contributed by atoms with Gasteiger partial charge in [0, 0.05) is 18.4 Å². The van der Waals surface area contributed by atoms with Gasteiger partial charge >= 0.3 is 5.97 Å². The summed E-state index contributed by atoms with van der Waals surface area (Å²) in [5.41, 5.74) is 7.29. The van der Waals surface area contributed by atoms with Gasteiger partial charge in [-0.25, -0.2) is 4.79 Å². The van der Waals surface area contributed by atoms with Crippen LogP contribution in [0.4, 0.5) is 0 Å². The largest absolute Gasteiger partial charge is 0.497 e. The highest BCUT2D eigenvalue weighted by atomic mass is 16.5. The maximum absolute atomic E-state index is 13.0. The molecule has 0 bridgehead atoms. The maximum Gasteiger partial charge on any atom is 0.340 e. The van der Waals surface area contributed by atoms with Crippen LogP contribution in [-0.4, -0.2) is 25.5 Å². The second kappa shape index (κ2) is 7.10. The first-order valence-electron chi connectivity index (χ1n) is 9.02. The number of rotatable bonds is 4. The first kappa shape index (κ1) is 19.0. The van der Waals surface area contributed by atoms with Crippen molar-refractivity contribution in [2.24, 2.45) is 11.1 Å². The second-order valence-corrected chi connectivity index (χ2v) is 7.59. The van der Waals surface area contributed by atoms with Crippen molar-refractivity contribution in [2.45, 2.75) is 39.5 Å². The molecule has 0 spiro atoms. The zero-order valence-corrected chi connectivity index (χ0v) is 16.1. The Morgan fingerprint density at radius 3 is 2.74 bits per heavy atom. The van der Waals surface area contributed by atoms with Crippen molar-refractivity contribution < 1.29 is 23.8 Å². The molecule has 1 unspecified atom stereocenters. The fourth-order valence-corrected chi connectivity index (χ4v) is 3.75. The third kappa shape index (κ3) is 3.56. The number of nitrogens with two attached hydrogens (primary N) is 1. The van der Waals surface area contributed by atoms with Crippen LogP contribution in [0.2, 0.25) is 0 Å². The zero-order chi connectivity index (χ0) is 19.8. The van der Waals surface area contributed by atoms with E-state index in [9.17, 15) is 9.59 Å². The van der Waals surface area contributed by atoms with Gasteiger partial charge in [-0.3, -0.25) is 4.79 Å². The van der Waals surface area contributed by atoms with Crippen LogP contribution in [-0.2, 0) is 19.1 Å². The molecular formula is C21H25NO5. The molecule has 1 atom stereocenters. The number of Topliss-reactive ketones (excluding diaryl/α,β-unsaturated/α-hetero) is 1. The average molecular weight is 371 g/mol. The standard InChI is InChI=1S/C21H25NO5/c1-5-26-20(24)18-16(12-7-6-8-13(9-12)25-4)17-14(23)10-21(2,3)11-15(17)27-19(18)22/h6-9,16H,5,10-11,22H2,1-4H3. The molecule has 6 heteroatoms. The first-order chi connectivity index (χ1) is 12.8. The fraction of sp³-hybridized carbons (Fsp3) is 0.429. The third-order valence-electron chi connectivity index (χ3n) is 4.88. The van der Waals surface area contributed by atoms with Gasteiger partial charge in [0.1, 0.15) is 17.1 Å². The zero-order valence-electron chi connectivity index (χ0n) is 16.1. The van der Waals surface area contributed by atoms with Crippen molar-refractivity contribution in [3.63, 3.8) is 0 Å². The van der Waals surface area contributed by atoms with Crippen LogP contribution in [0.15, 0.2) is 47.1 Å². The first-order valence-corrected chi connectivity index (χ1v) is 9.02. The average Bonchev–Trinajstić information content (AvgIpc) is 2.59. The van der Waals surface area contributed by atoms with Gasteiger partial charge in [-0.05, 0) is 30.0 Å². The molecular weight excluding hydrogens is 346 g/mol. The lowest BCUT2D eigenvalue weighted by Gasteiger charge is -2.38. The number of hydrogen-bond acceptors (Lipinski definition) is 6. The summed E-state index contributed by atoms with van der Waals surface area (Å²) in [6.45, 7) is 5.95. The van der Waals surface area contributed by atoms with Crippen molar-refractivity contribution in [3.05, 3.63) is 52.6 Å². The summed E-state index contributed by atoms with van der Waals surface area (Å²) in [4.78, 5) is 25.7. The summed E-state index contributed by atoms with van der Waals surface area (Å²) in [7, 11) is 1.57. The van der Waals surface area contributed by atoms with Gasteiger partial charge in [-0.1, -0.05) is 26.0 Å². The number of benzene rings is 1. The van der Waals surface area contributed by atoms with E-state index < -0.39 is 11.9 Å². The van der Waals surface area contributed by atoms with E-state index in [0.29, 0.717) is 29.9 Å². The number of ketones is 1. The Morgan fingerprint density at radius 2 is 2.07 bits per heavy atom. The van der Waals surface area contributed by atoms with Gasteiger partial charge < -0.3 is 19.9 Å². The molecule has 0 saturated heterocycles. The molecule has 0 fully saturated rings. The molecule has 2 aliphatic rings. The third-order valence-corrected chi connectivity index (χ3v) is 4.88. The minimum atomic E-state index is -0.633. The predicted octanol–water partition coefficient (Wildman–Crippen LogP) is 3.19. The van der Waals surface area contributed by atoms with E-state index in [0.717, 1.165) is 5.56 Å². The number of esters is 1. The molecule has 3 rings (SSSR count). The molecule has 1 aliphatic carbocycles. The molecule has 6 nitrogen and oxygen atoms in total. The quantitative estimate of drug-likeness (QED) is 0.818. The van der Waals surface area contributed by atoms with Crippen LogP contribution in [0.3, 0.4) is 0 Å². The van der Waals surface area contributed by atoms with Crippen LogP contribution in [0.1, 0.15) is 45.1 Å². The summed E-state index contributed by atoms with van der Waals surface area (Å²) in [5, 5.41) is 0. The van der Waals surface area contributed by atoms with Crippen molar-refractivity contribution in [1.82, 2.24) is 0 Å². The van der Waals surface area contributed by atoms with E-state index in [1.807, 2.05) is 26.0 Å². The van der Waals surface area contributed by atoms with E-state index in [2.05, 4.69) is 0 Å². The van der Waals surface area contributed by atoms with Gasteiger partial charge in [0.05, 0.1) is 19.6 Å². The van der Waals surface area contributed by atoms with Crippen LogP contribution >= 0.6 is 0 Å². The van der Waals surface area contributed by atoms with Crippen molar-refractivity contribution in [3.8, 4) is 5.75 Å². The number of methoxy groups -OCH3 is 1. The lowest BCUT2D eigenvalue weighted by atomic mass is 9.70. The van der Waals surface area contributed by atoms with E-state index in [4.69, 9.17) is 19.9 Å². The highest BCUT2D eigenvalue weighted by Crippen LogP contribution is 2.48. The molecule has 0 radical (unpaired) electrons. The van der Waals surface area contributed by atoms with Gasteiger partial charge in [0.15, 0.2) is 5.78 Å². The van der Waals surface area contributed by atoms with Gasteiger partial charge in [-0.15, -0.1) is 0 Å². The van der Waals surface area contributed by atoms with Gasteiger partial charge in [-0.2, -0.15) is 0 Å². The fourth-order valence-electron chi connectivity index (χ4n) is 3.75.